The first-order chi connectivity index (χ1) is 11.0. The second-order valence-electron chi connectivity index (χ2n) is 6.36. The van der Waals surface area contributed by atoms with Gasteiger partial charge in [-0.25, -0.2) is 0 Å². The van der Waals surface area contributed by atoms with Gasteiger partial charge in [0, 0.05) is 25.2 Å². The molecular weight excluding hydrogens is 288 g/mol. The first-order valence-electron chi connectivity index (χ1n) is 7.93. The SMILES string of the molecule is CC(C)c1cc(CN)c(O)c(C(=O)N2Cc3ccccc3C2)c1. The van der Waals surface area contributed by atoms with Crippen LogP contribution < -0.4 is 5.73 Å². The molecule has 4 nitrogen and oxygen atoms in total. The van der Waals surface area contributed by atoms with E-state index in [0.29, 0.717) is 24.2 Å². The van der Waals surface area contributed by atoms with E-state index < -0.39 is 0 Å². The van der Waals surface area contributed by atoms with E-state index in [1.54, 1.807) is 11.0 Å². The van der Waals surface area contributed by atoms with Crippen LogP contribution in [0, 0.1) is 0 Å². The molecule has 1 amide bonds. The van der Waals surface area contributed by atoms with Crippen LogP contribution in [0.1, 0.15) is 52.4 Å². The van der Waals surface area contributed by atoms with Gasteiger partial charge >= 0.3 is 0 Å². The highest BCUT2D eigenvalue weighted by molar-refractivity contribution is 5.97. The van der Waals surface area contributed by atoms with Crippen molar-refractivity contribution in [2.45, 2.75) is 39.4 Å². The largest absolute Gasteiger partial charge is 0.507 e. The van der Waals surface area contributed by atoms with Crippen molar-refractivity contribution < 1.29 is 9.90 Å². The molecule has 23 heavy (non-hydrogen) atoms. The van der Waals surface area contributed by atoms with Gasteiger partial charge in [0.2, 0.25) is 0 Å². The van der Waals surface area contributed by atoms with Gasteiger partial charge in [-0.1, -0.05) is 44.2 Å². The first-order valence-corrected chi connectivity index (χ1v) is 7.93. The highest BCUT2D eigenvalue weighted by Crippen LogP contribution is 2.31. The topological polar surface area (TPSA) is 66.6 Å². The van der Waals surface area contributed by atoms with E-state index in [4.69, 9.17) is 5.73 Å². The van der Waals surface area contributed by atoms with Gasteiger partial charge in [-0.3, -0.25) is 4.79 Å². The lowest BCUT2D eigenvalue weighted by atomic mass is 9.96. The normalized spacial score (nSPS) is 13.5. The zero-order chi connectivity index (χ0) is 16.6. The Bertz CT molecular complexity index is 728. The lowest BCUT2D eigenvalue weighted by molar-refractivity contribution is 0.0748. The van der Waals surface area contributed by atoms with E-state index in [2.05, 4.69) is 13.8 Å². The van der Waals surface area contributed by atoms with Crippen LogP contribution in [0.25, 0.3) is 0 Å². The van der Waals surface area contributed by atoms with Crippen molar-refractivity contribution in [3.8, 4) is 5.75 Å². The molecule has 0 radical (unpaired) electrons. The fourth-order valence-corrected chi connectivity index (χ4v) is 3.02. The van der Waals surface area contributed by atoms with Crippen molar-refractivity contribution >= 4 is 5.91 Å². The Morgan fingerprint density at radius 2 is 1.83 bits per heavy atom. The van der Waals surface area contributed by atoms with Crippen molar-refractivity contribution in [2.75, 3.05) is 0 Å². The van der Waals surface area contributed by atoms with E-state index in [1.165, 1.54) is 11.1 Å². The van der Waals surface area contributed by atoms with E-state index in [0.717, 1.165) is 5.56 Å². The number of benzene rings is 2. The summed E-state index contributed by atoms with van der Waals surface area (Å²) in [6.45, 7) is 5.50. The molecule has 0 atom stereocenters. The molecule has 2 aromatic rings. The minimum absolute atomic E-state index is 0.0119. The number of fused-ring (bicyclic) bond motifs is 1. The number of aromatic hydroxyl groups is 1. The molecule has 0 saturated carbocycles. The minimum Gasteiger partial charge on any atom is -0.507 e. The van der Waals surface area contributed by atoms with Crippen LogP contribution in [0.5, 0.6) is 5.75 Å². The molecule has 0 aromatic heterocycles. The molecule has 0 unspecified atom stereocenters. The van der Waals surface area contributed by atoms with Gasteiger partial charge in [-0.2, -0.15) is 0 Å². The van der Waals surface area contributed by atoms with Crippen LogP contribution in [-0.4, -0.2) is 15.9 Å². The highest BCUT2D eigenvalue weighted by Gasteiger charge is 2.27. The van der Waals surface area contributed by atoms with Gasteiger partial charge in [0.1, 0.15) is 5.75 Å². The Morgan fingerprint density at radius 1 is 1.22 bits per heavy atom. The molecule has 0 saturated heterocycles. The molecule has 2 aromatic carbocycles. The average Bonchev–Trinajstić information content (AvgIpc) is 2.98. The van der Waals surface area contributed by atoms with Crippen LogP contribution in [0.3, 0.4) is 0 Å². The van der Waals surface area contributed by atoms with Crippen LogP contribution in [-0.2, 0) is 19.6 Å². The standard InChI is InChI=1S/C19H22N2O2/c1-12(2)15-7-16(9-20)18(22)17(8-15)19(23)21-10-13-5-3-4-6-14(13)11-21/h3-8,12,22H,9-11,20H2,1-2H3. The molecule has 4 heteroatoms. The average molecular weight is 310 g/mol. The summed E-state index contributed by atoms with van der Waals surface area (Å²) < 4.78 is 0. The van der Waals surface area contributed by atoms with Crippen LogP contribution >= 0.6 is 0 Å². The van der Waals surface area contributed by atoms with Crippen molar-refractivity contribution in [1.82, 2.24) is 4.90 Å². The molecule has 0 aliphatic carbocycles. The summed E-state index contributed by atoms with van der Waals surface area (Å²) in [6, 6.07) is 11.7. The van der Waals surface area contributed by atoms with E-state index in [9.17, 15) is 9.90 Å². The molecule has 1 aliphatic rings. The molecule has 1 heterocycles. The molecule has 3 N–H and O–H groups in total. The Balaban J connectivity index is 1.96. The number of carbonyl (C=O) groups excluding carboxylic acids is 1. The summed E-state index contributed by atoms with van der Waals surface area (Å²) in [5.74, 6) is 0.136. The summed E-state index contributed by atoms with van der Waals surface area (Å²) in [5.41, 5.74) is 10.0. The number of phenolic OH excluding ortho intramolecular Hbond substituents is 1. The third kappa shape index (κ3) is 2.82. The van der Waals surface area contributed by atoms with Crippen molar-refractivity contribution in [1.29, 1.82) is 0 Å². The number of nitrogens with two attached hydrogens (primary N) is 1. The summed E-state index contributed by atoms with van der Waals surface area (Å²) in [6.07, 6.45) is 0. The highest BCUT2D eigenvalue weighted by atomic mass is 16.3. The summed E-state index contributed by atoms with van der Waals surface area (Å²) in [7, 11) is 0. The molecule has 0 bridgehead atoms. The molecular formula is C19H22N2O2. The summed E-state index contributed by atoms with van der Waals surface area (Å²) in [4.78, 5) is 14.7. The van der Waals surface area contributed by atoms with Crippen LogP contribution in [0.2, 0.25) is 0 Å². The number of nitrogens with zero attached hydrogens (tertiary/aromatic N) is 1. The number of rotatable bonds is 3. The van der Waals surface area contributed by atoms with Gasteiger partial charge in [0.05, 0.1) is 5.56 Å². The quantitative estimate of drug-likeness (QED) is 0.915. The predicted octanol–water partition coefficient (Wildman–Crippen LogP) is 3.13. The van der Waals surface area contributed by atoms with Crippen molar-refractivity contribution in [2.24, 2.45) is 5.73 Å². The smallest absolute Gasteiger partial charge is 0.258 e. The second kappa shape index (κ2) is 6.05. The number of phenols is 1. The summed E-state index contributed by atoms with van der Waals surface area (Å²) in [5, 5.41) is 10.4. The van der Waals surface area contributed by atoms with Gasteiger partial charge < -0.3 is 15.7 Å². The van der Waals surface area contributed by atoms with Crippen LogP contribution in [0.15, 0.2) is 36.4 Å². The van der Waals surface area contributed by atoms with Gasteiger partial charge in [0.15, 0.2) is 0 Å². The Labute approximate surface area is 136 Å². The zero-order valence-electron chi connectivity index (χ0n) is 13.5. The zero-order valence-corrected chi connectivity index (χ0v) is 13.5. The maximum atomic E-state index is 12.9. The third-order valence-corrected chi connectivity index (χ3v) is 4.46. The molecule has 3 rings (SSSR count). The number of carbonyl (C=O) groups is 1. The molecule has 120 valence electrons. The second-order valence-corrected chi connectivity index (χ2v) is 6.36. The van der Waals surface area contributed by atoms with E-state index >= 15 is 0 Å². The Hall–Kier alpha value is -2.33. The minimum atomic E-state index is -0.143. The maximum Gasteiger partial charge on any atom is 0.258 e. The van der Waals surface area contributed by atoms with Gasteiger partial charge in [0.25, 0.3) is 5.91 Å². The maximum absolute atomic E-state index is 12.9. The van der Waals surface area contributed by atoms with Gasteiger partial charge in [-0.15, -0.1) is 0 Å². The van der Waals surface area contributed by atoms with Crippen molar-refractivity contribution in [3.05, 3.63) is 64.2 Å². The van der Waals surface area contributed by atoms with E-state index in [1.807, 2.05) is 30.3 Å². The lowest BCUT2D eigenvalue weighted by Crippen LogP contribution is -2.26. The van der Waals surface area contributed by atoms with Crippen molar-refractivity contribution in [3.63, 3.8) is 0 Å². The molecule has 0 spiro atoms. The summed E-state index contributed by atoms with van der Waals surface area (Å²) >= 11 is 0. The number of hydrogen-bond donors (Lipinski definition) is 2. The van der Waals surface area contributed by atoms with Gasteiger partial charge in [-0.05, 0) is 28.7 Å². The van der Waals surface area contributed by atoms with Crippen LogP contribution in [0.4, 0.5) is 0 Å². The van der Waals surface area contributed by atoms with E-state index in [-0.39, 0.29) is 24.1 Å². The first kappa shape index (κ1) is 15.6. The predicted molar refractivity (Wildman–Crippen MR) is 90.1 cm³/mol. The Kier molecular flexibility index (Phi) is 4.09. The lowest BCUT2D eigenvalue weighted by Gasteiger charge is -2.19. The monoisotopic (exact) mass is 310 g/mol. The Morgan fingerprint density at radius 3 is 2.35 bits per heavy atom. The fourth-order valence-electron chi connectivity index (χ4n) is 3.02. The fraction of sp³-hybridized carbons (Fsp3) is 0.316. The molecule has 1 aliphatic heterocycles. The number of amides is 1. The molecule has 0 fully saturated rings. The number of hydrogen-bond acceptors (Lipinski definition) is 3. The third-order valence-electron chi connectivity index (χ3n) is 4.46.